The van der Waals surface area contributed by atoms with E-state index in [0.29, 0.717) is 11.3 Å². The summed E-state index contributed by atoms with van der Waals surface area (Å²) < 4.78 is 10.3. The molecule has 0 fully saturated rings. The zero-order valence-electron chi connectivity index (χ0n) is 15.2. The summed E-state index contributed by atoms with van der Waals surface area (Å²) in [6.45, 7) is 2.08. The van der Waals surface area contributed by atoms with E-state index in [9.17, 15) is 4.79 Å². The van der Waals surface area contributed by atoms with Crippen molar-refractivity contribution in [3.05, 3.63) is 101 Å². The van der Waals surface area contributed by atoms with E-state index in [1.807, 2.05) is 36.4 Å². The molecule has 132 valence electrons. The van der Waals surface area contributed by atoms with Gasteiger partial charge in [0.2, 0.25) is 0 Å². The van der Waals surface area contributed by atoms with E-state index in [1.54, 1.807) is 7.11 Å². The van der Waals surface area contributed by atoms with Gasteiger partial charge in [-0.15, -0.1) is 0 Å². The molecule has 3 rings (SSSR count). The molecule has 26 heavy (non-hydrogen) atoms. The molecule has 3 aromatic rings. The van der Waals surface area contributed by atoms with Crippen molar-refractivity contribution in [2.75, 3.05) is 14.2 Å². The van der Waals surface area contributed by atoms with Gasteiger partial charge in [-0.2, -0.15) is 0 Å². The zero-order chi connectivity index (χ0) is 18.5. The monoisotopic (exact) mass is 346 g/mol. The van der Waals surface area contributed by atoms with Gasteiger partial charge in [0.25, 0.3) is 0 Å². The number of rotatable bonds is 5. The van der Waals surface area contributed by atoms with Crippen LogP contribution in [0.5, 0.6) is 5.75 Å². The maximum atomic E-state index is 12.2. The number of methoxy groups -OCH3 is 2. The van der Waals surface area contributed by atoms with E-state index in [-0.39, 0.29) is 5.92 Å². The third kappa shape index (κ3) is 3.62. The van der Waals surface area contributed by atoms with Crippen molar-refractivity contribution >= 4 is 5.97 Å². The standard InChI is InChI=1S/C23H22O3/c1-16-8-7-11-18(14-16)22(17-9-5-4-6-10-17)19-12-13-21(25-2)20(15-19)23(24)26-3/h4-15,22H,1-3H3. The fourth-order valence-corrected chi connectivity index (χ4v) is 3.25. The second-order valence-electron chi connectivity index (χ2n) is 6.21. The topological polar surface area (TPSA) is 35.5 Å². The van der Waals surface area contributed by atoms with E-state index in [1.165, 1.54) is 23.8 Å². The molecule has 0 spiro atoms. The highest BCUT2D eigenvalue weighted by Gasteiger charge is 2.21. The van der Waals surface area contributed by atoms with Crippen LogP contribution in [0.4, 0.5) is 0 Å². The lowest BCUT2D eigenvalue weighted by atomic mass is 9.84. The predicted octanol–water partition coefficient (Wildman–Crippen LogP) is 4.97. The van der Waals surface area contributed by atoms with Crippen LogP contribution < -0.4 is 4.74 Å². The Morgan fingerprint density at radius 2 is 1.50 bits per heavy atom. The van der Waals surface area contributed by atoms with Crippen molar-refractivity contribution < 1.29 is 14.3 Å². The lowest BCUT2D eigenvalue weighted by Crippen LogP contribution is -2.08. The molecule has 0 saturated carbocycles. The quantitative estimate of drug-likeness (QED) is 0.483. The Labute approximate surface area is 154 Å². The molecular formula is C23H22O3. The highest BCUT2D eigenvalue weighted by molar-refractivity contribution is 5.92. The molecule has 3 heteroatoms. The Hall–Kier alpha value is -3.07. The number of hydrogen-bond donors (Lipinski definition) is 0. The fourth-order valence-electron chi connectivity index (χ4n) is 3.25. The van der Waals surface area contributed by atoms with Gasteiger partial charge in [0.15, 0.2) is 0 Å². The molecule has 0 aliphatic heterocycles. The first-order valence-electron chi connectivity index (χ1n) is 8.51. The molecule has 0 bridgehead atoms. The van der Waals surface area contributed by atoms with Gasteiger partial charge in [0, 0.05) is 5.92 Å². The maximum absolute atomic E-state index is 12.2. The zero-order valence-corrected chi connectivity index (χ0v) is 15.2. The van der Waals surface area contributed by atoms with Crippen molar-refractivity contribution in [2.45, 2.75) is 12.8 Å². The number of aryl methyl sites for hydroxylation is 1. The van der Waals surface area contributed by atoms with E-state index in [4.69, 9.17) is 9.47 Å². The summed E-state index contributed by atoms with van der Waals surface area (Å²) in [4.78, 5) is 12.2. The van der Waals surface area contributed by atoms with Crippen molar-refractivity contribution in [3.63, 3.8) is 0 Å². The number of ether oxygens (including phenoxy) is 2. The van der Waals surface area contributed by atoms with Gasteiger partial charge in [0.05, 0.1) is 14.2 Å². The molecule has 0 amide bonds. The largest absolute Gasteiger partial charge is 0.496 e. The van der Waals surface area contributed by atoms with Gasteiger partial charge in [0.1, 0.15) is 11.3 Å². The molecule has 0 saturated heterocycles. The average Bonchev–Trinajstić information content (AvgIpc) is 2.68. The van der Waals surface area contributed by atoms with Crippen LogP contribution in [0.15, 0.2) is 72.8 Å². The summed E-state index contributed by atoms with van der Waals surface area (Å²) in [6.07, 6.45) is 0. The SMILES string of the molecule is COC(=O)c1cc(C(c2ccccc2)c2cccc(C)c2)ccc1OC. The molecule has 3 nitrogen and oxygen atoms in total. The fraction of sp³-hybridized carbons (Fsp3) is 0.174. The molecule has 0 aliphatic rings. The van der Waals surface area contributed by atoms with Gasteiger partial charge in [-0.05, 0) is 35.7 Å². The van der Waals surface area contributed by atoms with Gasteiger partial charge >= 0.3 is 5.97 Å². The lowest BCUT2D eigenvalue weighted by Gasteiger charge is -2.20. The molecule has 1 unspecified atom stereocenters. The third-order valence-electron chi connectivity index (χ3n) is 4.47. The van der Waals surface area contributed by atoms with Crippen LogP contribution in [0.1, 0.15) is 38.5 Å². The first-order valence-corrected chi connectivity index (χ1v) is 8.51. The summed E-state index contributed by atoms with van der Waals surface area (Å²) in [6, 6.07) is 24.4. The van der Waals surface area contributed by atoms with Crippen molar-refractivity contribution in [2.24, 2.45) is 0 Å². The van der Waals surface area contributed by atoms with Crippen LogP contribution in [0.25, 0.3) is 0 Å². The van der Waals surface area contributed by atoms with Crippen LogP contribution >= 0.6 is 0 Å². The van der Waals surface area contributed by atoms with Crippen LogP contribution in [0.2, 0.25) is 0 Å². The van der Waals surface area contributed by atoms with Crippen molar-refractivity contribution in [1.82, 2.24) is 0 Å². The van der Waals surface area contributed by atoms with E-state index in [0.717, 1.165) is 5.56 Å². The number of carbonyl (C=O) groups excluding carboxylic acids is 1. The minimum Gasteiger partial charge on any atom is -0.496 e. The summed E-state index contributed by atoms with van der Waals surface area (Å²) in [5, 5.41) is 0. The molecule has 0 aromatic heterocycles. The van der Waals surface area contributed by atoms with Gasteiger partial charge < -0.3 is 9.47 Å². The molecule has 0 radical (unpaired) electrons. The first kappa shape index (κ1) is 17.7. The highest BCUT2D eigenvalue weighted by atomic mass is 16.5. The molecule has 0 aliphatic carbocycles. The second kappa shape index (κ2) is 7.87. The number of hydrogen-bond acceptors (Lipinski definition) is 3. The molecule has 0 N–H and O–H groups in total. The Balaban J connectivity index is 2.18. The minimum absolute atomic E-state index is 0.0189. The Morgan fingerprint density at radius 1 is 0.808 bits per heavy atom. The Bertz CT molecular complexity index is 900. The van der Waals surface area contributed by atoms with E-state index in [2.05, 4.69) is 43.3 Å². The van der Waals surface area contributed by atoms with Gasteiger partial charge in [-0.3, -0.25) is 0 Å². The Kier molecular flexibility index (Phi) is 5.37. The molecule has 1 atom stereocenters. The van der Waals surface area contributed by atoms with E-state index >= 15 is 0 Å². The third-order valence-corrected chi connectivity index (χ3v) is 4.47. The normalized spacial score (nSPS) is 11.7. The predicted molar refractivity (Wildman–Crippen MR) is 103 cm³/mol. The van der Waals surface area contributed by atoms with Gasteiger partial charge in [-0.25, -0.2) is 4.79 Å². The summed E-state index contributed by atoms with van der Waals surface area (Å²) in [7, 11) is 2.93. The Morgan fingerprint density at radius 3 is 2.15 bits per heavy atom. The summed E-state index contributed by atoms with van der Waals surface area (Å²) in [5.41, 5.74) is 4.99. The van der Waals surface area contributed by atoms with Crippen molar-refractivity contribution in [3.8, 4) is 5.75 Å². The van der Waals surface area contributed by atoms with Crippen molar-refractivity contribution in [1.29, 1.82) is 0 Å². The van der Waals surface area contributed by atoms with Crippen LogP contribution in [-0.4, -0.2) is 20.2 Å². The smallest absolute Gasteiger partial charge is 0.341 e. The maximum Gasteiger partial charge on any atom is 0.341 e. The lowest BCUT2D eigenvalue weighted by molar-refractivity contribution is 0.0597. The molecule has 3 aromatic carbocycles. The average molecular weight is 346 g/mol. The minimum atomic E-state index is -0.403. The summed E-state index contributed by atoms with van der Waals surface area (Å²) >= 11 is 0. The highest BCUT2D eigenvalue weighted by Crippen LogP contribution is 2.34. The molecule has 0 heterocycles. The number of benzene rings is 3. The number of esters is 1. The van der Waals surface area contributed by atoms with Crippen LogP contribution in [0.3, 0.4) is 0 Å². The summed E-state index contributed by atoms with van der Waals surface area (Å²) in [5.74, 6) is 0.127. The van der Waals surface area contributed by atoms with E-state index < -0.39 is 5.97 Å². The second-order valence-corrected chi connectivity index (χ2v) is 6.21. The molecular weight excluding hydrogens is 324 g/mol. The van der Waals surface area contributed by atoms with Gasteiger partial charge in [-0.1, -0.05) is 66.2 Å². The van der Waals surface area contributed by atoms with Crippen LogP contribution in [-0.2, 0) is 4.74 Å². The van der Waals surface area contributed by atoms with Crippen LogP contribution in [0, 0.1) is 6.92 Å². The first-order chi connectivity index (χ1) is 12.6. The number of carbonyl (C=O) groups is 1.